The summed E-state index contributed by atoms with van der Waals surface area (Å²) in [6, 6.07) is 5.94. The minimum absolute atomic E-state index is 0.199. The molecular formula is C15H25NO2. The van der Waals surface area contributed by atoms with Gasteiger partial charge >= 0.3 is 0 Å². The number of methoxy groups -OCH3 is 1. The summed E-state index contributed by atoms with van der Waals surface area (Å²) in [4.78, 5) is 2.44. The highest BCUT2D eigenvalue weighted by Crippen LogP contribution is 2.30. The van der Waals surface area contributed by atoms with Crippen LogP contribution in [-0.2, 0) is 0 Å². The molecule has 0 fully saturated rings. The Hall–Kier alpha value is -1.22. The van der Waals surface area contributed by atoms with E-state index in [0.717, 1.165) is 13.1 Å². The van der Waals surface area contributed by atoms with E-state index >= 15 is 0 Å². The van der Waals surface area contributed by atoms with Crippen molar-refractivity contribution < 1.29 is 9.84 Å². The van der Waals surface area contributed by atoms with Crippen molar-refractivity contribution in [1.82, 2.24) is 4.90 Å². The number of nitrogens with zero attached hydrogens (tertiary/aromatic N) is 1. The molecule has 1 N–H and O–H groups in total. The van der Waals surface area contributed by atoms with E-state index in [9.17, 15) is 5.11 Å². The molecule has 0 radical (unpaired) electrons. The van der Waals surface area contributed by atoms with Crippen molar-refractivity contribution in [1.29, 1.82) is 0 Å². The third-order valence-electron chi connectivity index (χ3n) is 3.44. The standard InChI is InChI=1S/C15H25NO2/c1-5-7-10-16(6-2)12(3)13-8-9-14(17)15(11-13)18-4/h8-9,11-12,17H,5-7,10H2,1-4H3. The van der Waals surface area contributed by atoms with Gasteiger partial charge in [-0.3, -0.25) is 4.90 Å². The second-order valence-corrected chi connectivity index (χ2v) is 4.59. The monoisotopic (exact) mass is 251 g/mol. The Morgan fingerprint density at radius 1 is 1.33 bits per heavy atom. The first kappa shape index (κ1) is 14.8. The molecule has 1 unspecified atom stereocenters. The molecule has 1 rings (SSSR count). The van der Waals surface area contributed by atoms with Gasteiger partial charge in [0.1, 0.15) is 0 Å². The third-order valence-corrected chi connectivity index (χ3v) is 3.44. The Bertz CT molecular complexity index is 366. The maximum Gasteiger partial charge on any atom is 0.160 e. The molecule has 3 heteroatoms. The summed E-state index contributed by atoms with van der Waals surface area (Å²) in [5.74, 6) is 0.746. The third kappa shape index (κ3) is 3.64. The van der Waals surface area contributed by atoms with Crippen LogP contribution in [0.15, 0.2) is 18.2 Å². The number of ether oxygens (including phenoxy) is 1. The van der Waals surface area contributed by atoms with E-state index in [1.165, 1.54) is 18.4 Å². The zero-order valence-electron chi connectivity index (χ0n) is 11.9. The molecule has 1 aromatic rings. The molecular weight excluding hydrogens is 226 g/mol. The minimum atomic E-state index is 0.199. The van der Waals surface area contributed by atoms with Crippen LogP contribution in [0.4, 0.5) is 0 Å². The molecule has 0 saturated carbocycles. The molecule has 1 atom stereocenters. The lowest BCUT2D eigenvalue weighted by Crippen LogP contribution is -2.27. The zero-order chi connectivity index (χ0) is 13.5. The molecule has 0 aliphatic rings. The lowest BCUT2D eigenvalue weighted by molar-refractivity contribution is 0.218. The molecule has 0 heterocycles. The number of hydrogen-bond donors (Lipinski definition) is 1. The van der Waals surface area contributed by atoms with Crippen LogP contribution in [0.3, 0.4) is 0 Å². The molecule has 0 bridgehead atoms. The van der Waals surface area contributed by atoms with Gasteiger partial charge in [0.25, 0.3) is 0 Å². The minimum Gasteiger partial charge on any atom is -0.504 e. The van der Waals surface area contributed by atoms with Gasteiger partial charge in [-0.05, 0) is 44.1 Å². The van der Waals surface area contributed by atoms with Crippen LogP contribution in [0.2, 0.25) is 0 Å². The molecule has 0 aliphatic carbocycles. The van der Waals surface area contributed by atoms with Crippen LogP contribution in [0.1, 0.15) is 45.2 Å². The summed E-state index contributed by atoms with van der Waals surface area (Å²) in [6.45, 7) is 8.73. The van der Waals surface area contributed by atoms with Crippen molar-refractivity contribution in [2.45, 2.75) is 39.7 Å². The zero-order valence-corrected chi connectivity index (χ0v) is 11.9. The smallest absolute Gasteiger partial charge is 0.160 e. The van der Waals surface area contributed by atoms with Crippen molar-refractivity contribution in [2.75, 3.05) is 20.2 Å². The van der Waals surface area contributed by atoms with Crippen molar-refractivity contribution in [3.05, 3.63) is 23.8 Å². The first-order chi connectivity index (χ1) is 8.63. The Morgan fingerprint density at radius 3 is 2.61 bits per heavy atom. The average molecular weight is 251 g/mol. The molecule has 0 aromatic heterocycles. The van der Waals surface area contributed by atoms with E-state index in [1.807, 2.05) is 12.1 Å². The van der Waals surface area contributed by atoms with Crippen molar-refractivity contribution in [3.63, 3.8) is 0 Å². The summed E-state index contributed by atoms with van der Waals surface area (Å²) in [6.07, 6.45) is 2.43. The van der Waals surface area contributed by atoms with Gasteiger partial charge in [-0.15, -0.1) is 0 Å². The molecule has 0 spiro atoms. The summed E-state index contributed by atoms with van der Waals surface area (Å²) in [7, 11) is 1.58. The second kappa shape index (κ2) is 7.27. The van der Waals surface area contributed by atoms with Gasteiger partial charge in [-0.1, -0.05) is 26.3 Å². The highest BCUT2D eigenvalue weighted by atomic mass is 16.5. The number of aromatic hydroxyl groups is 1. The summed E-state index contributed by atoms with van der Waals surface area (Å²) >= 11 is 0. The normalized spacial score (nSPS) is 12.7. The SMILES string of the molecule is CCCCN(CC)C(C)c1ccc(O)c(OC)c1. The Morgan fingerprint density at radius 2 is 2.06 bits per heavy atom. The number of benzene rings is 1. The molecule has 18 heavy (non-hydrogen) atoms. The predicted molar refractivity (Wildman–Crippen MR) is 75.2 cm³/mol. The van der Waals surface area contributed by atoms with Gasteiger partial charge in [-0.2, -0.15) is 0 Å². The van der Waals surface area contributed by atoms with Crippen molar-refractivity contribution >= 4 is 0 Å². The van der Waals surface area contributed by atoms with E-state index < -0.39 is 0 Å². The quantitative estimate of drug-likeness (QED) is 0.804. The van der Waals surface area contributed by atoms with Gasteiger partial charge < -0.3 is 9.84 Å². The maximum atomic E-state index is 9.62. The van der Waals surface area contributed by atoms with Crippen LogP contribution in [0.5, 0.6) is 11.5 Å². The van der Waals surface area contributed by atoms with E-state index in [-0.39, 0.29) is 5.75 Å². The van der Waals surface area contributed by atoms with E-state index in [0.29, 0.717) is 11.8 Å². The molecule has 1 aromatic carbocycles. The van der Waals surface area contributed by atoms with Crippen LogP contribution in [-0.4, -0.2) is 30.2 Å². The van der Waals surface area contributed by atoms with Crippen LogP contribution in [0, 0.1) is 0 Å². The molecule has 0 saturated heterocycles. The fourth-order valence-corrected chi connectivity index (χ4v) is 2.15. The van der Waals surface area contributed by atoms with Gasteiger partial charge in [0.05, 0.1) is 7.11 Å². The fraction of sp³-hybridized carbons (Fsp3) is 0.600. The molecule has 3 nitrogen and oxygen atoms in total. The van der Waals surface area contributed by atoms with Crippen molar-refractivity contribution in [2.24, 2.45) is 0 Å². The first-order valence-corrected chi connectivity index (χ1v) is 6.74. The number of phenols is 1. The van der Waals surface area contributed by atoms with E-state index in [4.69, 9.17) is 4.74 Å². The Labute approximate surface area is 110 Å². The number of unbranched alkanes of at least 4 members (excludes halogenated alkanes) is 1. The Kier molecular flexibility index (Phi) is 5.99. The lowest BCUT2D eigenvalue weighted by Gasteiger charge is -2.28. The van der Waals surface area contributed by atoms with Gasteiger partial charge in [-0.25, -0.2) is 0 Å². The van der Waals surface area contributed by atoms with Crippen LogP contribution in [0.25, 0.3) is 0 Å². The summed E-state index contributed by atoms with van der Waals surface area (Å²) < 4.78 is 5.16. The first-order valence-electron chi connectivity index (χ1n) is 6.74. The molecule has 102 valence electrons. The average Bonchev–Trinajstić information content (AvgIpc) is 2.40. The maximum absolute atomic E-state index is 9.62. The molecule has 0 amide bonds. The lowest BCUT2D eigenvalue weighted by atomic mass is 10.1. The van der Waals surface area contributed by atoms with Crippen LogP contribution >= 0.6 is 0 Å². The fourth-order valence-electron chi connectivity index (χ4n) is 2.15. The summed E-state index contributed by atoms with van der Waals surface area (Å²) in [5.41, 5.74) is 1.18. The predicted octanol–water partition coefficient (Wildman–Crippen LogP) is 3.58. The van der Waals surface area contributed by atoms with E-state index in [2.05, 4.69) is 25.7 Å². The highest BCUT2D eigenvalue weighted by Gasteiger charge is 2.15. The van der Waals surface area contributed by atoms with Crippen molar-refractivity contribution in [3.8, 4) is 11.5 Å². The largest absolute Gasteiger partial charge is 0.504 e. The highest BCUT2D eigenvalue weighted by molar-refractivity contribution is 5.42. The van der Waals surface area contributed by atoms with E-state index in [1.54, 1.807) is 13.2 Å². The Balaban J connectivity index is 2.83. The number of rotatable bonds is 7. The second-order valence-electron chi connectivity index (χ2n) is 4.59. The number of hydrogen-bond acceptors (Lipinski definition) is 3. The van der Waals surface area contributed by atoms with Gasteiger partial charge in [0.2, 0.25) is 0 Å². The van der Waals surface area contributed by atoms with Gasteiger partial charge in [0.15, 0.2) is 11.5 Å². The van der Waals surface area contributed by atoms with Crippen LogP contribution < -0.4 is 4.74 Å². The number of phenolic OH excluding ortho intramolecular Hbond substituents is 1. The topological polar surface area (TPSA) is 32.7 Å². The van der Waals surface area contributed by atoms with Gasteiger partial charge in [0, 0.05) is 6.04 Å². The molecule has 0 aliphatic heterocycles. The summed E-state index contributed by atoms with van der Waals surface area (Å²) in [5, 5.41) is 9.62.